The summed E-state index contributed by atoms with van der Waals surface area (Å²) in [4.78, 5) is 17.6. The first-order chi connectivity index (χ1) is 17.6. The predicted molar refractivity (Wildman–Crippen MR) is 137 cm³/mol. The van der Waals surface area contributed by atoms with Gasteiger partial charge in [0.15, 0.2) is 17.3 Å². The van der Waals surface area contributed by atoms with Gasteiger partial charge >= 0.3 is 0 Å². The molecule has 1 aromatic heterocycles. The lowest BCUT2D eigenvalue weighted by molar-refractivity contribution is -0.0118. The van der Waals surface area contributed by atoms with Crippen molar-refractivity contribution in [1.82, 2.24) is 4.98 Å². The fourth-order valence-corrected chi connectivity index (χ4v) is 4.29. The molecule has 0 aliphatic heterocycles. The number of halogens is 1. The highest BCUT2D eigenvalue weighted by Gasteiger charge is 2.30. The molecule has 0 amide bonds. The molecule has 0 unspecified atom stereocenters. The Morgan fingerprint density at radius 3 is 2.41 bits per heavy atom. The maximum atomic E-state index is 13.8. The van der Waals surface area contributed by atoms with E-state index in [0.29, 0.717) is 58.2 Å². The summed E-state index contributed by atoms with van der Waals surface area (Å²) < 4.78 is 30.5. The molecule has 8 heteroatoms. The van der Waals surface area contributed by atoms with Crippen molar-refractivity contribution in [3.63, 3.8) is 0 Å². The summed E-state index contributed by atoms with van der Waals surface area (Å²) in [6.45, 7) is 3.28. The van der Waals surface area contributed by atoms with Crippen LogP contribution in [-0.2, 0) is 5.60 Å². The van der Waals surface area contributed by atoms with E-state index in [2.05, 4.69) is 4.98 Å². The standard InChI is InChI=1S/C29H32FNO6/c1-17-13-19(5-7-22(17)30)28-25(35-3)9-10-27(31-28)29(2,34)12-11-23(33)18-6-8-24(26(14-18)36-4)37-21-15-20(32)16-21/h5-10,13-14,20-21,32,34H,11-12,15-16H2,1-4H3/t20?,21?,29-/m0/s1. The molecule has 1 aliphatic rings. The minimum absolute atomic E-state index is 0.0683. The number of aromatic nitrogens is 1. The Morgan fingerprint density at radius 1 is 1.05 bits per heavy atom. The molecule has 2 aromatic carbocycles. The number of benzene rings is 2. The van der Waals surface area contributed by atoms with Gasteiger partial charge in [0.05, 0.1) is 26.0 Å². The maximum Gasteiger partial charge on any atom is 0.163 e. The average Bonchev–Trinajstić information content (AvgIpc) is 2.87. The van der Waals surface area contributed by atoms with Crippen LogP contribution in [0.15, 0.2) is 48.5 Å². The van der Waals surface area contributed by atoms with Crippen LogP contribution in [0.25, 0.3) is 11.3 Å². The molecule has 7 nitrogen and oxygen atoms in total. The van der Waals surface area contributed by atoms with Gasteiger partial charge in [-0.15, -0.1) is 0 Å². The van der Waals surface area contributed by atoms with Crippen molar-refractivity contribution >= 4 is 5.78 Å². The first-order valence-corrected chi connectivity index (χ1v) is 12.2. The molecule has 2 N–H and O–H groups in total. The topological polar surface area (TPSA) is 98.1 Å². The monoisotopic (exact) mass is 509 g/mol. The molecule has 0 spiro atoms. The van der Waals surface area contributed by atoms with E-state index in [0.717, 1.165) is 0 Å². The lowest BCUT2D eigenvalue weighted by Gasteiger charge is -2.32. The Bertz CT molecular complexity index is 1290. The van der Waals surface area contributed by atoms with E-state index in [4.69, 9.17) is 14.2 Å². The minimum atomic E-state index is -1.40. The number of aliphatic hydroxyl groups excluding tert-OH is 1. The summed E-state index contributed by atoms with van der Waals surface area (Å²) in [5.74, 6) is 0.978. The molecule has 3 aromatic rings. The normalized spacial score (nSPS) is 18.5. The van der Waals surface area contributed by atoms with Gasteiger partial charge < -0.3 is 24.4 Å². The number of rotatable bonds is 10. The second-order valence-electron chi connectivity index (χ2n) is 9.64. The summed E-state index contributed by atoms with van der Waals surface area (Å²) in [6, 6.07) is 13.0. The summed E-state index contributed by atoms with van der Waals surface area (Å²) >= 11 is 0. The van der Waals surface area contributed by atoms with Crippen LogP contribution in [0, 0.1) is 12.7 Å². The third-order valence-electron chi connectivity index (χ3n) is 6.75. The Labute approximate surface area is 215 Å². The molecule has 196 valence electrons. The molecule has 37 heavy (non-hydrogen) atoms. The van der Waals surface area contributed by atoms with Crippen LogP contribution in [0.5, 0.6) is 17.2 Å². The van der Waals surface area contributed by atoms with E-state index in [9.17, 15) is 19.4 Å². The van der Waals surface area contributed by atoms with E-state index < -0.39 is 5.60 Å². The van der Waals surface area contributed by atoms with Crippen LogP contribution in [0.2, 0.25) is 0 Å². The lowest BCUT2D eigenvalue weighted by atomic mass is 9.91. The van der Waals surface area contributed by atoms with Crippen molar-refractivity contribution in [1.29, 1.82) is 0 Å². The Morgan fingerprint density at radius 2 is 1.76 bits per heavy atom. The average molecular weight is 510 g/mol. The Kier molecular flexibility index (Phi) is 7.80. The number of hydrogen-bond donors (Lipinski definition) is 2. The predicted octanol–water partition coefficient (Wildman–Crippen LogP) is 4.99. The van der Waals surface area contributed by atoms with Crippen molar-refractivity contribution in [2.45, 2.75) is 57.3 Å². The number of carbonyl (C=O) groups is 1. The number of ether oxygens (including phenoxy) is 3. The van der Waals surface area contributed by atoms with Crippen molar-refractivity contribution in [3.05, 3.63) is 71.2 Å². The second kappa shape index (κ2) is 10.9. The zero-order chi connectivity index (χ0) is 26.7. The van der Waals surface area contributed by atoms with Gasteiger partial charge in [-0.3, -0.25) is 4.79 Å². The number of Topliss-reactive ketones (excluding diaryl/α,β-unsaturated/α-hetero) is 1. The molecule has 1 atom stereocenters. The summed E-state index contributed by atoms with van der Waals surface area (Å²) in [7, 11) is 3.03. The van der Waals surface area contributed by atoms with Crippen molar-refractivity contribution in [3.8, 4) is 28.5 Å². The molecule has 1 saturated carbocycles. The molecule has 0 radical (unpaired) electrons. The molecular weight excluding hydrogens is 477 g/mol. The van der Waals surface area contributed by atoms with Crippen molar-refractivity contribution in [2.24, 2.45) is 0 Å². The summed E-state index contributed by atoms with van der Waals surface area (Å²) in [5, 5.41) is 20.7. The van der Waals surface area contributed by atoms with Crippen molar-refractivity contribution in [2.75, 3.05) is 14.2 Å². The first kappa shape index (κ1) is 26.6. The van der Waals surface area contributed by atoms with E-state index >= 15 is 0 Å². The molecular formula is C29H32FNO6. The van der Waals surface area contributed by atoms with Gasteiger partial charge in [-0.25, -0.2) is 9.37 Å². The molecule has 0 saturated heterocycles. The van der Waals surface area contributed by atoms with Crippen LogP contribution in [0.1, 0.15) is 54.2 Å². The van der Waals surface area contributed by atoms with Crippen LogP contribution >= 0.6 is 0 Å². The van der Waals surface area contributed by atoms with Gasteiger partial charge in [0.1, 0.15) is 29.0 Å². The van der Waals surface area contributed by atoms with E-state index in [1.807, 2.05) is 0 Å². The fourth-order valence-electron chi connectivity index (χ4n) is 4.29. The smallest absolute Gasteiger partial charge is 0.163 e. The van der Waals surface area contributed by atoms with Crippen molar-refractivity contribution < 1.29 is 33.6 Å². The third kappa shape index (κ3) is 5.92. The zero-order valence-electron chi connectivity index (χ0n) is 21.5. The van der Waals surface area contributed by atoms with E-state index in [1.165, 1.54) is 20.3 Å². The Hall–Kier alpha value is -3.49. The molecule has 1 aliphatic carbocycles. The summed E-state index contributed by atoms with van der Waals surface area (Å²) in [6.07, 6.45) is 0.945. The van der Waals surface area contributed by atoms with Gasteiger partial charge in [0.25, 0.3) is 0 Å². The van der Waals surface area contributed by atoms with Crippen LogP contribution in [0.4, 0.5) is 4.39 Å². The number of ketones is 1. The highest BCUT2D eigenvalue weighted by molar-refractivity contribution is 5.96. The quantitative estimate of drug-likeness (QED) is 0.372. The molecule has 0 bridgehead atoms. The Balaban J connectivity index is 1.49. The second-order valence-corrected chi connectivity index (χ2v) is 9.64. The van der Waals surface area contributed by atoms with Gasteiger partial charge in [0, 0.05) is 30.4 Å². The molecule has 1 heterocycles. The third-order valence-corrected chi connectivity index (χ3v) is 6.75. The van der Waals surface area contributed by atoms with Crippen LogP contribution < -0.4 is 14.2 Å². The number of aryl methyl sites for hydroxylation is 1. The zero-order valence-corrected chi connectivity index (χ0v) is 21.5. The van der Waals surface area contributed by atoms with E-state index in [1.54, 1.807) is 56.3 Å². The number of pyridine rings is 1. The number of methoxy groups -OCH3 is 2. The first-order valence-electron chi connectivity index (χ1n) is 12.2. The van der Waals surface area contributed by atoms with Gasteiger partial charge in [-0.1, -0.05) is 0 Å². The highest BCUT2D eigenvalue weighted by Crippen LogP contribution is 2.36. The van der Waals surface area contributed by atoms with Gasteiger partial charge in [-0.05, 0) is 74.4 Å². The largest absolute Gasteiger partial charge is 0.494 e. The number of hydrogen-bond acceptors (Lipinski definition) is 7. The van der Waals surface area contributed by atoms with Gasteiger partial charge in [-0.2, -0.15) is 0 Å². The SMILES string of the molecule is COc1cc(C(=O)CC[C@](C)(O)c2ccc(OC)c(-c3ccc(F)c(C)c3)n2)ccc1OC1CC(O)C1. The van der Waals surface area contributed by atoms with Crippen LogP contribution in [0.3, 0.4) is 0 Å². The minimum Gasteiger partial charge on any atom is -0.494 e. The van der Waals surface area contributed by atoms with Gasteiger partial charge in [0.2, 0.25) is 0 Å². The van der Waals surface area contributed by atoms with E-state index in [-0.39, 0.29) is 36.7 Å². The van der Waals surface area contributed by atoms with Crippen LogP contribution in [-0.4, -0.2) is 47.4 Å². The molecule has 4 rings (SSSR count). The lowest BCUT2D eigenvalue weighted by Crippen LogP contribution is -2.37. The fraction of sp³-hybridized carbons (Fsp3) is 0.379. The highest BCUT2D eigenvalue weighted by atomic mass is 19.1. The number of nitrogens with zero attached hydrogens (tertiary/aromatic N) is 1. The molecule has 1 fully saturated rings. The maximum absolute atomic E-state index is 13.8. The number of aliphatic hydroxyl groups is 2. The number of carbonyl (C=O) groups excluding carboxylic acids is 1. The summed E-state index contributed by atoms with van der Waals surface area (Å²) in [5.41, 5.74) is 1.04.